The van der Waals surface area contributed by atoms with Gasteiger partial charge in [-0.25, -0.2) is 38.8 Å². The van der Waals surface area contributed by atoms with E-state index in [1.165, 1.54) is 52.2 Å². The van der Waals surface area contributed by atoms with Gasteiger partial charge in [0.2, 0.25) is 0 Å². The number of anilines is 6. The van der Waals surface area contributed by atoms with E-state index in [1.54, 1.807) is 12.4 Å². The largest absolute Gasteiger partial charge is 0.381 e. The van der Waals surface area contributed by atoms with Gasteiger partial charge in [-0.3, -0.25) is 0 Å². The molecule has 0 saturated carbocycles. The molecule has 12 rings (SSSR count). The maximum Gasteiger partial charge on any atom is 0.158 e. The number of benzene rings is 2. The highest BCUT2D eigenvalue weighted by atomic mass is 35.5. The molecule has 4 aromatic heterocycles. The van der Waals surface area contributed by atoms with E-state index in [2.05, 4.69) is 92.8 Å². The number of aromatic nitrogens is 6. The van der Waals surface area contributed by atoms with Crippen molar-refractivity contribution in [3.05, 3.63) is 118 Å². The molecule has 8 heterocycles. The maximum atomic E-state index is 13.2. The molecule has 0 bridgehead atoms. The predicted octanol–water partition coefficient (Wildman–Crippen LogP) is 9.72. The second kappa shape index (κ2) is 20.9. The van der Waals surface area contributed by atoms with Gasteiger partial charge in [0.15, 0.2) is 11.6 Å². The highest BCUT2D eigenvalue weighted by molar-refractivity contribution is 7.99. The minimum absolute atomic E-state index is 0.0160. The summed E-state index contributed by atoms with van der Waals surface area (Å²) in [7, 11) is -1.15. The van der Waals surface area contributed by atoms with E-state index in [9.17, 15) is 4.21 Å². The highest BCUT2D eigenvalue weighted by Gasteiger charge is 2.49. The van der Waals surface area contributed by atoms with Crippen molar-refractivity contribution in [1.82, 2.24) is 34.6 Å². The van der Waals surface area contributed by atoms with Crippen LogP contribution in [0, 0.1) is 10.8 Å². The molecule has 15 nitrogen and oxygen atoms in total. The molecule has 2 aromatic carbocycles. The molecule has 74 heavy (non-hydrogen) atoms. The van der Waals surface area contributed by atoms with Crippen molar-refractivity contribution in [2.75, 3.05) is 83.4 Å². The third-order valence-corrected chi connectivity index (χ3v) is 20.6. The highest BCUT2D eigenvalue weighted by Crippen LogP contribution is 2.54. The van der Waals surface area contributed by atoms with Crippen molar-refractivity contribution in [3.8, 4) is 0 Å². The first-order valence-electron chi connectivity index (χ1n) is 25.7. The van der Waals surface area contributed by atoms with Gasteiger partial charge in [0, 0.05) is 80.6 Å². The molecule has 6 aliphatic rings. The Balaban J connectivity index is 0.000000161. The Morgan fingerprint density at radius 1 is 0.622 bits per heavy atom. The summed E-state index contributed by atoms with van der Waals surface area (Å²) < 4.78 is 16.4. The van der Waals surface area contributed by atoms with Gasteiger partial charge < -0.3 is 36.8 Å². The van der Waals surface area contributed by atoms with E-state index in [1.807, 2.05) is 45.3 Å². The van der Waals surface area contributed by atoms with Gasteiger partial charge in [0.05, 0.1) is 44.2 Å². The molecule has 4 saturated heterocycles. The zero-order valence-electron chi connectivity index (χ0n) is 42.1. The molecular weight excluding hydrogens is 1030 g/mol. The molecule has 7 N–H and O–H groups in total. The minimum atomic E-state index is -1.15. The predicted molar refractivity (Wildman–Crippen MR) is 302 cm³/mol. The molecule has 388 valence electrons. The van der Waals surface area contributed by atoms with Gasteiger partial charge in [-0.1, -0.05) is 95.3 Å². The lowest BCUT2D eigenvalue weighted by atomic mass is 9.73. The molecule has 3 atom stereocenters. The van der Waals surface area contributed by atoms with Crippen LogP contribution >= 0.6 is 46.7 Å². The monoisotopic (exact) mass is 1090 g/mol. The van der Waals surface area contributed by atoms with Crippen LogP contribution in [0.5, 0.6) is 0 Å². The number of nitrogens with two attached hydrogens (primary N) is 3. The van der Waals surface area contributed by atoms with Crippen molar-refractivity contribution < 1.29 is 4.21 Å². The van der Waals surface area contributed by atoms with Crippen molar-refractivity contribution >= 4 is 92.6 Å². The molecule has 6 aromatic rings. The number of hydrogen-bond donors (Lipinski definition) is 4. The van der Waals surface area contributed by atoms with Crippen molar-refractivity contribution in [1.29, 1.82) is 0 Å². The van der Waals surface area contributed by atoms with E-state index >= 15 is 0 Å². The number of hydrogen-bond acceptors (Lipinski definition) is 16. The number of rotatable bonds is 10. The number of nitrogens with one attached hydrogen (secondary N) is 1. The summed E-state index contributed by atoms with van der Waals surface area (Å²) in [5.41, 5.74) is 25.0. The van der Waals surface area contributed by atoms with E-state index in [4.69, 9.17) is 50.4 Å². The Hall–Kier alpha value is -4.95. The smallest absolute Gasteiger partial charge is 0.158 e. The molecule has 20 heteroatoms. The van der Waals surface area contributed by atoms with Crippen LogP contribution in [0.15, 0.2) is 105 Å². The molecule has 0 unspecified atom stereocenters. The molecule has 4 aliphatic heterocycles. The van der Waals surface area contributed by atoms with E-state index < -0.39 is 11.0 Å². The summed E-state index contributed by atoms with van der Waals surface area (Å²) in [6.45, 7) is 13.5. The molecule has 4 fully saturated rings. The SMILES string of the molecule is CC(C)(C)[S@@](=O)N[C@@H]1c2ccccc2CC12CCN(c1cnc(Sc3ccnc(N4CCC4)c3Cl)c(N)n1)CC2.Nc1nc(N2CCC3(CC2)Cc2ccccc2[C@H]3N)cnc1Sc1ccnc(N2CCC2)c1Cl. The van der Waals surface area contributed by atoms with Crippen LogP contribution in [-0.4, -0.2) is 91.2 Å². The number of fused-ring (bicyclic) bond motifs is 2. The Morgan fingerprint density at radius 3 is 1.51 bits per heavy atom. The summed E-state index contributed by atoms with van der Waals surface area (Å²) in [4.78, 5) is 38.4. The molecular formula is C54H64Cl2N14OS3. The number of nitrogens with zero attached hydrogens (tertiary/aromatic N) is 10. The van der Waals surface area contributed by atoms with Crippen molar-refractivity contribution in [3.63, 3.8) is 0 Å². The summed E-state index contributed by atoms with van der Waals surface area (Å²) in [6, 6.07) is 21.2. The average molecular weight is 1090 g/mol. The summed E-state index contributed by atoms with van der Waals surface area (Å²) >= 11 is 16.2. The normalized spacial score (nSPS) is 20.9. The molecule has 2 spiro atoms. The van der Waals surface area contributed by atoms with Crippen LogP contribution in [0.25, 0.3) is 0 Å². The fraction of sp³-hybridized carbons (Fsp3) is 0.444. The number of pyridine rings is 2. The van der Waals surface area contributed by atoms with Gasteiger partial charge >= 0.3 is 0 Å². The van der Waals surface area contributed by atoms with Gasteiger partial charge in [0.25, 0.3) is 0 Å². The van der Waals surface area contributed by atoms with E-state index in [-0.39, 0.29) is 27.7 Å². The summed E-state index contributed by atoms with van der Waals surface area (Å²) in [5.74, 6) is 4.08. The van der Waals surface area contributed by atoms with Crippen molar-refractivity contribution in [2.24, 2.45) is 16.6 Å². The van der Waals surface area contributed by atoms with Crippen molar-refractivity contribution in [2.45, 2.75) is 109 Å². The lowest BCUT2D eigenvalue weighted by Crippen LogP contribution is -2.48. The number of halogens is 2. The van der Waals surface area contributed by atoms with Gasteiger partial charge in [-0.15, -0.1) is 0 Å². The van der Waals surface area contributed by atoms with Crippen LogP contribution in [0.4, 0.5) is 34.9 Å². The molecule has 2 aliphatic carbocycles. The standard InChI is InChI=1S/C29H36ClN7OS2.C25H28ClN7S/c1-28(2,3)40(38)35-24-20-8-5-4-7-19(20)17-29(24)10-15-36(16-11-29)22-18-33-27(25(31)34-22)39-21-9-12-32-26(23(21)30)37-13-6-14-37;26-20-18(6-9-29-23(20)33-10-3-11-33)34-24-22(28)31-19(15-30-24)32-12-7-25(8-13-32)14-16-4-1-2-5-17(16)21(25)27/h4-5,7-9,12,18,24,35H,6,10-11,13-17H2,1-3H3,(H2,31,34);1-2,4-6,9,15,21H,3,7-8,10-14,27H2,(H2,28,31)/t24-,40-;21-/m11/s1. The Kier molecular flexibility index (Phi) is 14.4. The Bertz CT molecular complexity index is 3060. The maximum absolute atomic E-state index is 13.2. The number of nitrogen functional groups attached to an aromatic ring is 2. The zero-order valence-corrected chi connectivity index (χ0v) is 46.1. The second-order valence-corrected chi connectivity index (χ2v) is 26.3. The first-order chi connectivity index (χ1) is 35.7. The van der Waals surface area contributed by atoms with Gasteiger partial charge in [-0.2, -0.15) is 0 Å². The number of piperidine rings is 2. The second-order valence-electron chi connectivity index (χ2n) is 21.5. The van der Waals surface area contributed by atoms with Crippen LogP contribution in [-0.2, 0) is 23.8 Å². The fourth-order valence-electron chi connectivity index (χ4n) is 11.3. The lowest BCUT2D eigenvalue weighted by Gasteiger charge is -2.44. The Labute approximate surface area is 455 Å². The van der Waals surface area contributed by atoms with Crippen LogP contribution < -0.4 is 41.5 Å². The topological polar surface area (TPSA) is 197 Å². The molecule has 0 amide bonds. The van der Waals surface area contributed by atoms with Gasteiger partial charge in [-0.05, 0) is 117 Å². The fourth-order valence-corrected chi connectivity index (χ4v) is 14.5. The zero-order chi connectivity index (χ0) is 51.4. The third kappa shape index (κ3) is 10.00. The third-order valence-electron chi connectivity index (χ3n) is 16.0. The summed E-state index contributed by atoms with van der Waals surface area (Å²) in [6.07, 6.45) is 15.6. The van der Waals surface area contributed by atoms with Crippen LogP contribution in [0.3, 0.4) is 0 Å². The van der Waals surface area contributed by atoms with Gasteiger partial charge in [0.1, 0.15) is 33.3 Å². The van der Waals surface area contributed by atoms with Crippen LogP contribution in [0.1, 0.15) is 93.6 Å². The molecule has 0 radical (unpaired) electrons. The van der Waals surface area contributed by atoms with E-state index in [0.717, 1.165) is 130 Å². The summed E-state index contributed by atoms with van der Waals surface area (Å²) in [5, 5.41) is 2.58. The quantitative estimate of drug-likeness (QED) is 0.101. The first kappa shape index (κ1) is 51.2. The minimum Gasteiger partial charge on any atom is -0.381 e. The average Bonchev–Trinajstić information content (AvgIpc) is 3.80. The lowest BCUT2D eigenvalue weighted by molar-refractivity contribution is 0.177. The first-order valence-corrected chi connectivity index (χ1v) is 29.2. The van der Waals surface area contributed by atoms with Crippen LogP contribution in [0.2, 0.25) is 10.0 Å². The Morgan fingerprint density at radius 2 is 1.07 bits per heavy atom. The van der Waals surface area contributed by atoms with E-state index in [0.29, 0.717) is 31.7 Å².